The number of carbonyl (C=O) groups is 3. The first-order chi connectivity index (χ1) is 9.36. The highest BCUT2D eigenvalue weighted by atomic mass is 35.5. The van der Waals surface area contributed by atoms with E-state index in [-0.39, 0.29) is 40.3 Å². The number of hydrogen-bond acceptors (Lipinski definition) is 4. The summed E-state index contributed by atoms with van der Waals surface area (Å²) in [6.07, 6.45) is 0.109. The predicted octanol–water partition coefficient (Wildman–Crippen LogP) is 1.95. The second kappa shape index (κ2) is 5.13. The first-order valence-electron chi connectivity index (χ1n) is 5.84. The third-order valence-corrected chi connectivity index (χ3v) is 3.42. The van der Waals surface area contributed by atoms with Crippen LogP contribution in [0.15, 0.2) is 12.1 Å². The highest BCUT2D eigenvalue weighted by Crippen LogP contribution is 2.37. The Balaban J connectivity index is 2.56. The fraction of sp³-hybridized carbons (Fsp3) is 0.308. The number of anilines is 1. The van der Waals surface area contributed by atoms with E-state index in [1.807, 2.05) is 0 Å². The van der Waals surface area contributed by atoms with E-state index in [1.54, 1.807) is 6.92 Å². The molecule has 2 amide bonds. The zero-order chi connectivity index (χ0) is 15.0. The number of benzene rings is 1. The Morgan fingerprint density at radius 1 is 1.45 bits per heavy atom. The number of nitrogens with zero attached hydrogens (tertiary/aromatic N) is 1. The lowest BCUT2D eigenvalue weighted by atomic mass is 10.1. The van der Waals surface area contributed by atoms with Crippen LogP contribution in [-0.2, 0) is 9.59 Å². The highest BCUT2D eigenvalue weighted by Gasteiger charge is 2.38. The van der Waals surface area contributed by atoms with Crippen molar-refractivity contribution in [3.63, 3.8) is 0 Å². The molecule has 1 heterocycles. The van der Waals surface area contributed by atoms with Gasteiger partial charge >= 0.3 is 5.97 Å². The Hall–Kier alpha value is -2.08. The monoisotopic (exact) mass is 297 g/mol. The second-order valence-corrected chi connectivity index (χ2v) is 4.89. The van der Waals surface area contributed by atoms with Gasteiger partial charge in [-0.15, -0.1) is 0 Å². The van der Waals surface area contributed by atoms with Crippen LogP contribution in [0.5, 0.6) is 5.75 Å². The lowest BCUT2D eigenvalue weighted by Gasteiger charge is -2.18. The molecule has 7 heteroatoms. The van der Waals surface area contributed by atoms with E-state index >= 15 is 0 Å². The van der Waals surface area contributed by atoms with Crippen molar-refractivity contribution < 1.29 is 24.2 Å². The van der Waals surface area contributed by atoms with Gasteiger partial charge in [0.1, 0.15) is 11.3 Å². The molecule has 0 radical (unpaired) electrons. The summed E-state index contributed by atoms with van der Waals surface area (Å²) in [5.74, 6) is -2.31. The summed E-state index contributed by atoms with van der Waals surface area (Å²) < 4.78 is 4.97. The van der Waals surface area contributed by atoms with Crippen LogP contribution in [-0.4, -0.2) is 30.0 Å². The van der Waals surface area contributed by atoms with Gasteiger partial charge in [-0.05, 0) is 6.07 Å². The van der Waals surface area contributed by atoms with Gasteiger partial charge < -0.3 is 9.84 Å². The quantitative estimate of drug-likeness (QED) is 0.862. The van der Waals surface area contributed by atoms with Crippen molar-refractivity contribution in [1.29, 1.82) is 0 Å². The van der Waals surface area contributed by atoms with Crippen LogP contribution < -0.4 is 9.64 Å². The maximum atomic E-state index is 12.0. The van der Waals surface area contributed by atoms with Crippen LogP contribution in [0.25, 0.3) is 0 Å². The molecule has 1 N–H and O–H groups in total. The summed E-state index contributed by atoms with van der Waals surface area (Å²) in [5, 5.41) is 9.05. The maximum absolute atomic E-state index is 12.0. The predicted molar refractivity (Wildman–Crippen MR) is 71.2 cm³/mol. The molecule has 1 saturated heterocycles. The summed E-state index contributed by atoms with van der Waals surface area (Å²) in [6, 6.07) is 2.46. The number of methoxy groups -OCH3 is 1. The van der Waals surface area contributed by atoms with Gasteiger partial charge in [0.15, 0.2) is 0 Å². The number of carbonyl (C=O) groups excluding carboxylic acids is 2. The fourth-order valence-electron chi connectivity index (χ4n) is 2.09. The van der Waals surface area contributed by atoms with Crippen LogP contribution in [0.4, 0.5) is 5.69 Å². The third-order valence-electron chi connectivity index (χ3n) is 3.11. The molecule has 1 aliphatic rings. The van der Waals surface area contributed by atoms with Crippen molar-refractivity contribution in [3.05, 3.63) is 22.7 Å². The molecule has 1 unspecified atom stereocenters. The molecular formula is C13H12ClNO5. The average Bonchev–Trinajstić information content (AvgIpc) is 2.63. The lowest BCUT2D eigenvalue weighted by molar-refractivity contribution is -0.122. The van der Waals surface area contributed by atoms with E-state index in [4.69, 9.17) is 21.4 Å². The molecule has 1 aliphatic heterocycles. The van der Waals surface area contributed by atoms with Gasteiger partial charge in [-0.25, -0.2) is 9.69 Å². The molecule has 0 bridgehead atoms. The highest BCUT2D eigenvalue weighted by molar-refractivity contribution is 6.36. The Morgan fingerprint density at radius 3 is 2.55 bits per heavy atom. The molecule has 1 aromatic carbocycles. The van der Waals surface area contributed by atoms with Gasteiger partial charge in [0, 0.05) is 18.4 Å². The van der Waals surface area contributed by atoms with E-state index in [9.17, 15) is 14.4 Å². The second-order valence-electron chi connectivity index (χ2n) is 4.48. The fourth-order valence-corrected chi connectivity index (χ4v) is 2.34. The zero-order valence-electron chi connectivity index (χ0n) is 10.8. The minimum atomic E-state index is -1.21. The maximum Gasteiger partial charge on any atom is 0.339 e. The first-order valence-corrected chi connectivity index (χ1v) is 6.22. The largest absolute Gasteiger partial charge is 0.496 e. The topological polar surface area (TPSA) is 83.9 Å². The molecule has 1 aromatic rings. The van der Waals surface area contributed by atoms with Crippen molar-refractivity contribution in [3.8, 4) is 5.75 Å². The molecule has 0 aliphatic carbocycles. The van der Waals surface area contributed by atoms with E-state index in [0.29, 0.717) is 0 Å². The number of amides is 2. The number of ether oxygens (including phenoxy) is 1. The molecule has 6 nitrogen and oxygen atoms in total. The van der Waals surface area contributed by atoms with Crippen LogP contribution in [0.2, 0.25) is 5.02 Å². The average molecular weight is 298 g/mol. The van der Waals surface area contributed by atoms with Crippen molar-refractivity contribution in [2.75, 3.05) is 12.0 Å². The molecule has 2 rings (SSSR count). The van der Waals surface area contributed by atoms with Gasteiger partial charge in [0.05, 0.1) is 17.8 Å². The van der Waals surface area contributed by atoms with Crippen LogP contribution >= 0.6 is 11.6 Å². The molecule has 0 aromatic heterocycles. The Kier molecular flexibility index (Phi) is 3.67. The molecule has 0 spiro atoms. The normalized spacial score (nSPS) is 18.6. The first kappa shape index (κ1) is 14.3. The lowest BCUT2D eigenvalue weighted by Crippen LogP contribution is -2.30. The molecule has 1 atom stereocenters. The van der Waals surface area contributed by atoms with E-state index in [2.05, 4.69) is 0 Å². The molecular weight excluding hydrogens is 286 g/mol. The van der Waals surface area contributed by atoms with E-state index in [1.165, 1.54) is 19.2 Å². The van der Waals surface area contributed by atoms with Gasteiger partial charge in [-0.3, -0.25) is 9.59 Å². The Morgan fingerprint density at radius 2 is 2.10 bits per heavy atom. The van der Waals surface area contributed by atoms with Crippen molar-refractivity contribution >= 4 is 35.1 Å². The van der Waals surface area contributed by atoms with Gasteiger partial charge in [-0.2, -0.15) is 0 Å². The summed E-state index contributed by atoms with van der Waals surface area (Å²) in [5.41, 5.74) is 0.0151. The minimum Gasteiger partial charge on any atom is -0.496 e. The Labute approximate surface area is 119 Å². The van der Waals surface area contributed by atoms with Crippen molar-refractivity contribution in [2.24, 2.45) is 5.92 Å². The van der Waals surface area contributed by atoms with E-state index < -0.39 is 11.9 Å². The molecule has 106 valence electrons. The summed E-state index contributed by atoms with van der Waals surface area (Å²) in [4.78, 5) is 35.9. The smallest absolute Gasteiger partial charge is 0.339 e. The third kappa shape index (κ3) is 2.22. The van der Waals surface area contributed by atoms with E-state index in [0.717, 1.165) is 4.90 Å². The number of carboxylic acid groups (broad SMARTS) is 1. The summed E-state index contributed by atoms with van der Waals surface area (Å²) >= 11 is 6.00. The van der Waals surface area contributed by atoms with Gasteiger partial charge in [-0.1, -0.05) is 18.5 Å². The number of imide groups is 1. The zero-order valence-corrected chi connectivity index (χ0v) is 11.6. The Bertz CT molecular complexity index is 613. The van der Waals surface area contributed by atoms with Crippen LogP contribution in [0.1, 0.15) is 23.7 Å². The minimum absolute atomic E-state index is 0.0130. The molecule has 0 saturated carbocycles. The van der Waals surface area contributed by atoms with Gasteiger partial charge in [0.25, 0.3) is 0 Å². The number of halogens is 1. The molecule has 20 heavy (non-hydrogen) atoms. The summed E-state index contributed by atoms with van der Waals surface area (Å²) in [7, 11) is 1.30. The standard InChI is InChI=1S/C13H12ClNO5/c1-6-3-11(16)15(12(6)17)9-5-10(20-2)7(13(18)19)4-8(9)14/h4-6H,3H2,1-2H3,(H,18,19). The van der Waals surface area contributed by atoms with Crippen molar-refractivity contribution in [2.45, 2.75) is 13.3 Å². The number of rotatable bonds is 3. The number of hydrogen-bond donors (Lipinski definition) is 1. The SMILES string of the molecule is COc1cc(N2C(=O)CC(C)C2=O)c(Cl)cc1C(=O)O. The van der Waals surface area contributed by atoms with Crippen molar-refractivity contribution in [1.82, 2.24) is 0 Å². The molecule has 1 fully saturated rings. The van der Waals surface area contributed by atoms with Gasteiger partial charge in [0.2, 0.25) is 11.8 Å². The van der Waals surface area contributed by atoms with Crippen LogP contribution in [0.3, 0.4) is 0 Å². The number of carboxylic acids is 1. The summed E-state index contributed by atoms with van der Waals surface area (Å²) in [6.45, 7) is 1.65. The van der Waals surface area contributed by atoms with Crippen LogP contribution in [0, 0.1) is 5.92 Å². The number of aromatic carboxylic acids is 1.